The molecule has 0 saturated carbocycles. The summed E-state index contributed by atoms with van der Waals surface area (Å²) in [5, 5.41) is 0. The van der Waals surface area contributed by atoms with Gasteiger partial charge in [0.15, 0.2) is 0 Å². The fourth-order valence-electron chi connectivity index (χ4n) is 1.66. The molecule has 0 amide bonds. The molecule has 94 valence electrons. The molecule has 1 aromatic rings. The molecule has 0 aliphatic rings. The van der Waals surface area contributed by atoms with Crippen molar-refractivity contribution in [3.8, 4) is 5.75 Å². The topological polar surface area (TPSA) is 61.5 Å². The summed E-state index contributed by atoms with van der Waals surface area (Å²) in [5.41, 5.74) is 1.29. The van der Waals surface area contributed by atoms with Gasteiger partial charge in [0.1, 0.15) is 11.3 Å². The third-order valence-electron chi connectivity index (χ3n) is 2.35. The molecule has 4 nitrogen and oxygen atoms in total. The number of benzene rings is 1. The Morgan fingerprint density at radius 2 is 1.88 bits per heavy atom. The first-order chi connectivity index (χ1) is 7.97. The summed E-state index contributed by atoms with van der Waals surface area (Å²) in [6.07, 6.45) is -0.0123. The molecular formula is C13H19NO3. The number of hydrogen-bond donors (Lipinski definition) is 1. The van der Waals surface area contributed by atoms with Gasteiger partial charge in [-0.3, -0.25) is 0 Å². The van der Waals surface area contributed by atoms with Gasteiger partial charge in [0.25, 0.3) is 0 Å². The molecule has 0 saturated heterocycles. The van der Waals surface area contributed by atoms with Gasteiger partial charge < -0.3 is 9.57 Å². The van der Waals surface area contributed by atoms with E-state index < -0.39 is 5.97 Å². The average molecular weight is 237 g/mol. The highest BCUT2D eigenvalue weighted by Crippen LogP contribution is 2.29. The lowest BCUT2D eigenvalue weighted by atomic mass is 9.96. The number of carbonyl (C=O) groups excluding carboxylic acids is 1. The molecule has 17 heavy (non-hydrogen) atoms. The second-order valence-electron chi connectivity index (χ2n) is 4.45. The molecule has 0 spiro atoms. The van der Waals surface area contributed by atoms with E-state index in [1.807, 2.05) is 39.8 Å². The average Bonchev–Trinajstić information content (AvgIpc) is 2.26. The molecule has 0 aliphatic carbocycles. The second-order valence-corrected chi connectivity index (χ2v) is 4.45. The summed E-state index contributed by atoms with van der Waals surface area (Å²) >= 11 is 0. The normalized spacial score (nSPS) is 10.8. The molecule has 0 aromatic heterocycles. The van der Waals surface area contributed by atoms with Crippen molar-refractivity contribution < 1.29 is 14.4 Å². The van der Waals surface area contributed by atoms with Crippen LogP contribution in [0.5, 0.6) is 5.75 Å². The van der Waals surface area contributed by atoms with Crippen LogP contribution in [0.3, 0.4) is 0 Å². The Morgan fingerprint density at radius 3 is 2.35 bits per heavy atom. The molecular weight excluding hydrogens is 218 g/mol. The Hall–Kier alpha value is -1.55. The molecule has 0 bridgehead atoms. The van der Waals surface area contributed by atoms with E-state index in [0.29, 0.717) is 11.3 Å². The van der Waals surface area contributed by atoms with Crippen LogP contribution in [0, 0.1) is 0 Å². The Balaban J connectivity index is 3.29. The van der Waals surface area contributed by atoms with Crippen molar-refractivity contribution >= 4 is 5.97 Å². The van der Waals surface area contributed by atoms with Gasteiger partial charge >= 0.3 is 5.97 Å². The maximum Gasteiger partial charge on any atom is 0.360 e. The minimum atomic E-state index is -0.565. The highest BCUT2D eigenvalue weighted by atomic mass is 16.7. The summed E-state index contributed by atoms with van der Waals surface area (Å²) < 4.78 is 5.60. The highest BCUT2D eigenvalue weighted by molar-refractivity contribution is 5.94. The predicted octanol–water partition coefficient (Wildman–Crippen LogP) is 2.63. The standard InChI is InChI=1S/C13H19NO3/c1-8(2)10-6-5-7-11(16-9(3)4)12(10)13(15)17-14/h5-9H,14H2,1-4H3. The summed E-state index contributed by atoms with van der Waals surface area (Å²) in [6, 6.07) is 5.49. The molecule has 2 N–H and O–H groups in total. The van der Waals surface area contributed by atoms with Crippen molar-refractivity contribution in [2.24, 2.45) is 5.90 Å². The van der Waals surface area contributed by atoms with E-state index in [-0.39, 0.29) is 12.0 Å². The van der Waals surface area contributed by atoms with Gasteiger partial charge in [-0.25, -0.2) is 4.79 Å². The van der Waals surface area contributed by atoms with Crippen molar-refractivity contribution in [1.29, 1.82) is 0 Å². The number of carbonyl (C=O) groups is 1. The van der Waals surface area contributed by atoms with E-state index in [0.717, 1.165) is 5.56 Å². The van der Waals surface area contributed by atoms with Crippen molar-refractivity contribution in [3.63, 3.8) is 0 Å². The summed E-state index contributed by atoms with van der Waals surface area (Å²) in [6.45, 7) is 7.81. The van der Waals surface area contributed by atoms with E-state index in [1.165, 1.54) is 0 Å². The van der Waals surface area contributed by atoms with Crippen LogP contribution in [0.15, 0.2) is 18.2 Å². The third-order valence-corrected chi connectivity index (χ3v) is 2.35. The summed E-state index contributed by atoms with van der Waals surface area (Å²) in [7, 11) is 0. The van der Waals surface area contributed by atoms with Crippen LogP contribution in [-0.2, 0) is 4.84 Å². The molecule has 1 rings (SSSR count). The van der Waals surface area contributed by atoms with Crippen LogP contribution in [0.1, 0.15) is 49.5 Å². The summed E-state index contributed by atoms with van der Waals surface area (Å²) in [4.78, 5) is 16.0. The quantitative estimate of drug-likeness (QED) is 0.818. The van der Waals surface area contributed by atoms with Crippen molar-refractivity contribution in [3.05, 3.63) is 29.3 Å². The van der Waals surface area contributed by atoms with E-state index in [9.17, 15) is 4.79 Å². The first-order valence-electron chi connectivity index (χ1n) is 5.68. The molecule has 0 radical (unpaired) electrons. The fourth-order valence-corrected chi connectivity index (χ4v) is 1.66. The first-order valence-corrected chi connectivity index (χ1v) is 5.68. The van der Waals surface area contributed by atoms with Crippen molar-refractivity contribution in [1.82, 2.24) is 0 Å². The first kappa shape index (κ1) is 13.5. The van der Waals surface area contributed by atoms with Crippen LogP contribution >= 0.6 is 0 Å². The molecule has 4 heteroatoms. The van der Waals surface area contributed by atoms with Gasteiger partial charge in [0.05, 0.1) is 6.10 Å². The number of ether oxygens (including phenoxy) is 1. The van der Waals surface area contributed by atoms with Gasteiger partial charge in [-0.2, -0.15) is 5.90 Å². The molecule has 1 aromatic carbocycles. The Bertz CT molecular complexity index is 400. The van der Waals surface area contributed by atoms with Gasteiger partial charge in [-0.15, -0.1) is 0 Å². The zero-order valence-corrected chi connectivity index (χ0v) is 10.7. The Morgan fingerprint density at radius 1 is 1.24 bits per heavy atom. The lowest BCUT2D eigenvalue weighted by Crippen LogP contribution is -2.17. The fraction of sp³-hybridized carbons (Fsp3) is 0.462. The van der Waals surface area contributed by atoms with Gasteiger partial charge in [-0.1, -0.05) is 26.0 Å². The molecule has 0 fully saturated rings. The highest BCUT2D eigenvalue weighted by Gasteiger charge is 2.20. The zero-order chi connectivity index (χ0) is 13.0. The largest absolute Gasteiger partial charge is 0.490 e. The minimum absolute atomic E-state index is 0.0123. The van der Waals surface area contributed by atoms with Crippen LogP contribution in [0.4, 0.5) is 0 Å². The van der Waals surface area contributed by atoms with E-state index in [4.69, 9.17) is 10.6 Å². The van der Waals surface area contributed by atoms with Crippen LogP contribution < -0.4 is 10.6 Å². The second kappa shape index (κ2) is 5.68. The lowest BCUT2D eigenvalue weighted by Gasteiger charge is -2.17. The minimum Gasteiger partial charge on any atom is -0.490 e. The predicted molar refractivity (Wildman–Crippen MR) is 65.9 cm³/mol. The molecule has 0 aliphatic heterocycles. The number of hydrogen-bond acceptors (Lipinski definition) is 4. The zero-order valence-electron chi connectivity index (χ0n) is 10.7. The van der Waals surface area contributed by atoms with E-state index >= 15 is 0 Å². The van der Waals surface area contributed by atoms with Crippen molar-refractivity contribution in [2.45, 2.75) is 39.7 Å². The van der Waals surface area contributed by atoms with Gasteiger partial charge in [0.2, 0.25) is 0 Å². The monoisotopic (exact) mass is 237 g/mol. The number of rotatable bonds is 4. The van der Waals surface area contributed by atoms with E-state index in [1.54, 1.807) is 6.07 Å². The van der Waals surface area contributed by atoms with Crippen LogP contribution in [0.25, 0.3) is 0 Å². The summed E-state index contributed by atoms with van der Waals surface area (Å²) in [5.74, 6) is 5.11. The van der Waals surface area contributed by atoms with Crippen LogP contribution in [-0.4, -0.2) is 12.1 Å². The van der Waals surface area contributed by atoms with Gasteiger partial charge in [-0.05, 0) is 31.4 Å². The van der Waals surface area contributed by atoms with Crippen molar-refractivity contribution in [2.75, 3.05) is 0 Å². The van der Waals surface area contributed by atoms with Gasteiger partial charge in [0, 0.05) is 0 Å². The van der Waals surface area contributed by atoms with E-state index in [2.05, 4.69) is 4.84 Å². The molecule has 0 atom stereocenters. The Kier molecular flexibility index (Phi) is 4.52. The maximum atomic E-state index is 11.7. The number of nitrogens with two attached hydrogens (primary N) is 1. The van der Waals surface area contributed by atoms with Crippen LogP contribution in [0.2, 0.25) is 0 Å². The Labute approximate surface area is 102 Å². The maximum absolute atomic E-state index is 11.7. The SMILES string of the molecule is CC(C)Oc1cccc(C(C)C)c1C(=O)ON. The third kappa shape index (κ3) is 3.20. The molecule has 0 unspecified atom stereocenters. The lowest BCUT2D eigenvalue weighted by molar-refractivity contribution is 0.0495. The smallest absolute Gasteiger partial charge is 0.360 e. The molecule has 0 heterocycles.